The first-order valence-corrected chi connectivity index (χ1v) is 7.68. The van der Waals surface area contributed by atoms with Crippen molar-refractivity contribution >= 4 is 5.91 Å². The number of nitrogens with zero attached hydrogens (tertiary/aromatic N) is 1. The molecule has 0 spiro atoms. The Labute approximate surface area is 140 Å². The lowest BCUT2D eigenvalue weighted by Gasteiger charge is -2.24. The van der Waals surface area contributed by atoms with E-state index >= 15 is 0 Å². The molecule has 6 heteroatoms. The van der Waals surface area contributed by atoms with Crippen LogP contribution in [0.15, 0.2) is 42.6 Å². The van der Waals surface area contributed by atoms with E-state index < -0.39 is 11.5 Å². The van der Waals surface area contributed by atoms with E-state index in [1.165, 1.54) is 30.5 Å². The zero-order valence-electron chi connectivity index (χ0n) is 13.9. The summed E-state index contributed by atoms with van der Waals surface area (Å²) in [7, 11) is 0. The Morgan fingerprint density at radius 3 is 2.62 bits per heavy atom. The van der Waals surface area contributed by atoms with Crippen LogP contribution in [0.2, 0.25) is 0 Å². The van der Waals surface area contributed by atoms with Crippen LogP contribution in [0.4, 0.5) is 4.39 Å². The summed E-state index contributed by atoms with van der Waals surface area (Å²) in [5.41, 5.74) is -0.679. The summed E-state index contributed by atoms with van der Waals surface area (Å²) in [6, 6.07) is 8.84. The lowest BCUT2D eigenvalue weighted by molar-refractivity contribution is 0.0522. The maximum absolute atomic E-state index is 13.0. The maximum atomic E-state index is 13.0. The van der Waals surface area contributed by atoms with Crippen LogP contribution in [0, 0.1) is 5.82 Å². The Kier molecular flexibility index (Phi) is 5.51. The molecule has 1 atom stereocenters. The van der Waals surface area contributed by atoms with Crippen molar-refractivity contribution in [3.63, 3.8) is 0 Å². The normalized spacial score (nSPS) is 13.4. The molecule has 1 unspecified atom stereocenters. The van der Waals surface area contributed by atoms with Gasteiger partial charge in [-0.2, -0.15) is 0 Å². The number of carbonyl (C=O) groups is 1. The van der Waals surface area contributed by atoms with Crippen molar-refractivity contribution in [3.05, 3.63) is 59.7 Å². The average Bonchev–Trinajstić information content (AvgIpc) is 2.53. The SMILES string of the molecule is CC(C)Oc1cccnc1C(=O)NCC(C)(O)c1ccc(F)cc1. The van der Waals surface area contributed by atoms with Gasteiger partial charge in [-0.3, -0.25) is 4.79 Å². The topological polar surface area (TPSA) is 71.5 Å². The van der Waals surface area contributed by atoms with Gasteiger partial charge in [-0.15, -0.1) is 0 Å². The molecule has 0 aliphatic carbocycles. The highest BCUT2D eigenvalue weighted by molar-refractivity contribution is 5.94. The van der Waals surface area contributed by atoms with Crippen LogP contribution in [0.5, 0.6) is 5.75 Å². The van der Waals surface area contributed by atoms with Crippen LogP contribution in [-0.4, -0.2) is 28.6 Å². The molecule has 0 saturated carbocycles. The number of aromatic nitrogens is 1. The minimum absolute atomic E-state index is 0.0465. The highest BCUT2D eigenvalue weighted by atomic mass is 19.1. The van der Waals surface area contributed by atoms with Gasteiger partial charge in [-0.25, -0.2) is 9.37 Å². The fourth-order valence-corrected chi connectivity index (χ4v) is 2.16. The summed E-state index contributed by atoms with van der Waals surface area (Å²) < 4.78 is 18.6. The van der Waals surface area contributed by atoms with Crippen molar-refractivity contribution in [1.82, 2.24) is 10.3 Å². The van der Waals surface area contributed by atoms with Crippen molar-refractivity contribution < 1.29 is 19.0 Å². The average molecular weight is 332 g/mol. The van der Waals surface area contributed by atoms with Crippen LogP contribution in [0.1, 0.15) is 36.8 Å². The van der Waals surface area contributed by atoms with E-state index in [1.54, 1.807) is 19.1 Å². The minimum atomic E-state index is -1.34. The number of carbonyl (C=O) groups excluding carboxylic acids is 1. The Balaban J connectivity index is 2.09. The van der Waals surface area contributed by atoms with Crippen molar-refractivity contribution in [3.8, 4) is 5.75 Å². The van der Waals surface area contributed by atoms with E-state index in [-0.39, 0.29) is 24.2 Å². The molecule has 1 amide bonds. The quantitative estimate of drug-likeness (QED) is 0.853. The standard InChI is InChI=1S/C18H21FN2O3/c1-12(2)24-15-5-4-10-20-16(15)17(22)21-11-18(3,23)13-6-8-14(19)9-7-13/h4-10,12,23H,11H2,1-3H3,(H,21,22). The molecule has 1 aromatic heterocycles. The smallest absolute Gasteiger partial charge is 0.273 e. The van der Waals surface area contributed by atoms with E-state index in [1.807, 2.05) is 13.8 Å². The van der Waals surface area contributed by atoms with E-state index in [2.05, 4.69) is 10.3 Å². The Morgan fingerprint density at radius 1 is 1.33 bits per heavy atom. The molecule has 2 rings (SSSR count). The molecule has 2 N–H and O–H groups in total. The fourth-order valence-electron chi connectivity index (χ4n) is 2.16. The van der Waals surface area contributed by atoms with Crippen LogP contribution in [-0.2, 0) is 5.60 Å². The van der Waals surface area contributed by atoms with Crippen molar-refractivity contribution in [2.24, 2.45) is 0 Å². The van der Waals surface area contributed by atoms with Crippen molar-refractivity contribution in [1.29, 1.82) is 0 Å². The third-order valence-electron chi connectivity index (χ3n) is 3.41. The molecule has 0 radical (unpaired) electrons. The van der Waals surface area contributed by atoms with E-state index in [0.29, 0.717) is 11.3 Å². The summed E-state index contributed by atoms with van der Waals surface area (Å²) in [6.07, 6.45) is 1.41. The Bertz CT molecular complexity index is 700. The second-order valence-electron chi connectivity index (χ2n) is 5.98. The lowest BCUT2D eigenvalue weighted by Crippen LogP contribution is -2.39. The molecule has 128 valence electrons. The first-order chi connectivity index (χ1) is 11.3. The number of ether oxygens (including phenoxy) is 1. The number of aliphatic hydroxyl groups is 1. The molecule has 0 aliphatic heterocycles. The maximum Gasteiger partial charge on any atom is 0.273 e. The first kappa shape index (κ1) is 17.9. The van der Waals surface area contributed by atoms with Gasteiger partial charge in [-0.05, 0) is 50.6 Å². The molecule has 5 nitrogen and oxygen atoms in total. The number of pyridine rings is 1. The van der Waals surface area contributed by atoms with Crippen LogP contribution in [0.3, 0.4) is 0 Å². The van der Waals surface area contributed by atoms with Gasteiger partial charge >= 0.3 is 0 Å². The number of hydrogen-bond donors (Lipinski definition) is 2. The zero-order chi connectivity index (χ0) is 17.7. The number of halogens is 1. The molecule has 0 aliphatic rings. The van der Waals surface area contributed by atoms with Crippen molar-refractivity contribution in [2.45, 2.75) is 32.5 Å². The lowest BCUT2D eigenvalue weighted by atomic mass is 9.96. The predicted molar refractivity (Wildman–Crippen MR) is 88.3 cm³/mol. The number of nitrogens with one attached hydrogen (secondary N) is 1. The van der Waals surface area contributed by atoms with E-state index in [0.717, 1.165) is 0 Å². The van der Waals surface area contributed by atoms with Crippen LogP contribution in [0.25, 0.3) is 0 Å². The third-order valence-corrected chi connectivity index (χ3v) is 3.41. The number of hydrogen-bond acceptors (Lipinski definition) is 4. The second-order valence-corrected chi connectivity index (χ2v) is 5.98. The molecule has 0 fully saturated rings. The number of benzene rings is 1. The number of amides is 1. The molecule has 1 heterocycles. The van der Waals surface area contributed by atoms with Gasteiger partial charge in [0.05, 0.1) is 12.6 Å². The third kappa shape index (κ3) is 4.52. The predicted octanol–water partition coefficient (Wildman–Crippen LogP) is 2.65. The van der Waals surface area contributed by atoms with Crippen LogP contribution >= 0.6 is 0 Å². The van der Waals surface area contributed by atoms with Crippen LogP contribution < -0.4 is 10.1 Å². The van der Waals surface area contributed by atoms with Gasteiger partial charge in [0.25, 0.3) is 5.91 Å². The Hall–Kier alpha value is -2.47. The van der Waals surface area contributed by atoms with Gasteiger partial charge in [-0.1, -0.05) is 12.1 Å². The Morgan fingerprint density at radius 2 is 2.00 bits per heavy atom. The van der Waals surface area contributed by atoms with Gasteiger partial charge in [0.2, 0.25) is 0 Å². The summed E-state index contributed by atoms with van der Waals surface area (Å²) in [6.45, 7) is 5.21. The van der Waals surface area contributed by atoms with Gasteiger partial charge in [0.15, 0.2) is 11.4 Å². The largest absolute Gasteiger partial charge is 0.489 e. The molecular weight excluding hydrogens is 311 g/mol. The van der Waals surface area contributed by atoms with Gasteiger partial charge < -0.3 is 15.2 Å². The zero-order valence-corrected chi connectivity index (χ0v) is 13.9. The van der Waals surface area contributed by atoms with E-state index in [4.69, 9.17) is 4.74 Å². The second kappa shape index (κ2) is 7.40. The first-order valence-electron chi connectivity index (χ1n) is 7.68. The molecule has 0 bridgehead atoms. The van der Waals surface area contributed by atoms with E-state index in [9.17, 15) is 14.3 Å². The summed E-state index contributed by atoms with van der Waals surface area (Å²) in [5.74, 6) is -0.456. The van der Waals surface area contributed by atoms with Gasteiger partial charge in [0.1, 0.15) is 11.4 Å². The molecular formula is C18H21FN2O3. The number of rotatable bonds is 6. The molecule has 0 saturated heterocycles. The highest BCUT2D eigenvalue weighted by Gasteiger charge is 2.25. The van der Waals surface area contributed by atoms with Crippen molar-refractivity contribution in [2.75, 3.05) is 6.54 Å². The molecule has 2 aromatic rings. The van der Waals surface area contributed by atoms with Gasteiger partial charge in [0, 0.05) is 6.20 Å². The monoisotopic (exact) mass is 332 g/mol. The summed E-state index contributed by atoms with van der Waals surface area (Å²) >= 11 is 0. The fraction of sp³-hybridized carbons (Fsp3) is 0.333. The summed E-state index contributed by atoms with van der Waals surface area (Å²) in [5, 5.41) is 13.1. The highest BCUT2D eigenvalue weighted by Crippen LogP contribution is 2.21. The minimum Gasteiger partial charge on any atom is -0.489 e. The summed E-state index contributed by atoms with van der Waals surface area (Å²) in [4.78, 5) is 16.4. The molecule has 24 heavy (non-hydrogen) atoms. The molecule has 1 aromatic carbocycles.